The predicted octanol–water partition coefficient (Wildman–Crippen LogP) is 2.95. The van der Waals surface area contributed by atoms with Gasteiger partial charge in [-0.05, 0) is 49.7 Å². The maximum atomic E-state index is 12.6. The van der Waals surface area contributed by atoms with E-state index in [1.807, 2.05) is 42.0 Å². The third-order valence-corrected chi connectivity index (χ3v) is 5.96. The Labute approximate surface area is 168 Å². The van der Waals surface area contributed by atoms with Crippen molar-refractivity contribution < 1.29 is 13.2 Å². The summed E-state index contributed by atoms with van der Waals surface area (Å²) in [6.07, 6.45) is 3.53. The molecule has 9 heteroatoms. The Morgan fingerprint density at radius 2 is 1.96 bits per heavy atom. The van der Waals surface area contributed by atoms with Crippen LogP contribution in [0.2, 0.25) is 0 Å². The number of hydrogen-bond donors (Lipinski definition) is 2. The summed E-state index contributed by atoms with van der Waals surface area (Å²) in [6.45, 7) is 3.78. The number of aromatic nitrogens is 2. The summed E-state index contributed by atoms with van der Waals surface area (Å²) in [5, 5.41) is 8.08. The normalized spacial score (nSPS) is 12.5. The van der Waals surface area contributed by atoms with Gasteiger partial charge in [0, 0.05) is 23.8 Å². The van der Waals surface area contributed by atoms with Crippen molar-refractivity contribution in [2.75, 3.05) is 5.32 Å². The second-order valence-corrected chi connectivity index (χ2v) is 9.11. The fourth-order valence-electron chi connectivity index (χ4n) is 2.56. The molecule has 3 N–H and O–H groups in total. The van der Waals surface area contributed by atoms with Gasteiger partial charge < -0.3 is 5.32 Å². The molecular weight excluding hydrogens is 396 g/mol. The van der Waals surface area contributed by atoms with Gasteiger partial charge in [-0.1, -0.05) is 30.0 Å². The lowest BCUT2D eigenvalue weighted by Crippen LogP contribution is -2.23. The third-order valence-electron chi connectivity index (χ3n) is 3.97. The number of carbonyl (C=O) groups is 1. The number of aryl methyl sites for hydroxylation is 1. The molecule has 1 unspecified atom stereocenters. The van der Waals surface area contributed by atoms with Crippen LogP contribution in [-0.2, 0) is 14.8 Å². The summed E-state index contributed by atoms with van der Waals surface area (Å²) < 4.78 is 24.8. The van der Waals surface area contributed by atoms with Crippen molar-refractivity contribution in [2.24, 2.45) is 5.14 Å². The van der Waals surface area contributed by atoms with Gasteiger partial charge in [-0.25, -0.2) is 18.5 Å². The molecule has 1 aromatic heterocycles. The van der Waals surface area contributed by atoms with Crippen LogP contribution in [0.1, 0.15) is 12.5 Å². The number of rotatable bonds is 6. The molecule has 0 saturated heterocycles. The van der Waals surface area contributed by atoms with Gasteiger partial charge in [-0.15, -0.1) is 0 Å². The minimum absolute atomic E-state index is 0.0550. The highest BCUT2D eigenvalue weighted by molar-refractivity contribution is 8.00. The highest BCUT2D eigenvalue weighted by Gasteiger charge is 2.19. The first-order valence-electron chi connectivity index (χ1n) is 8.45. The predicted molar refractivity (Wildman–Crippen MR) is 110 cm³/mol. The average molecular weight is 417 g/mol. The van der Waals surface area contributed by atoms with E-state index in [0.717, 1.165) is 11.3 Å². The van der Waals surface area contributed by atoms with Crippen LogP contribution in [0.3, 0.4) is 0 Å². The molecule has 0 radical (unpaired) electrons. The highest BCUT2D eigenvalue weighted by atomic mass is 32.2. The van der Waals surface area contributed by atoms with E-state index in [4.69, 9.17) is 5.14 Å². The zero-order chi connectivity index (χ0) is 20.3. The first-order chi connectivity index (χ1) is 13.2. The summed E-state index contributed by atoms with van der Waals surface area (Å²) in [5.41, 5.74) is 2.46. The van der Waals surface area contributed by atoms with E-state index < -0.39 is 15.3 Å². The van der Waals surface area contributed by atoms with Crippen LogP contribution in [0, 0.1) is 6.92 Å². The molecule has 0 saturated carbocycles. The Hall–Kier alpha value is -2.62. The van der Waals surface area contributed by atoms with Gasteiger partial charge in [-0.2, -0.15) is 0 Å². The number of anilines is 1. The first kappa shape index (κ1) is 20.1. The molecule has 28 heavy (non-hydrogen) atoms. The first-order valence-corrected chi connectivity index (χ1v) is 10.9. The number of hydrogen-bond acceptors (Lipinski definition) is 5. The van der Waals surface area contributed by atoms with Gasteiger partial charge in [0.1, 0.15) is 0 Å². The fourth-order valence-corrected chi connectivity index (χ4v) is 4.00. The second-order valence-electron chi connectivity index (χ2n) is 6.24. The Morgan fingerprint density at radius 1 is 1.21 bits per heavy atom. The van der Waals surface area contributed by atoms with Crippen molar-refractivity contribution in [1.29, 1.82) is 0 Å². The topological polar surface area (TPSA) is 107 Å². The second kappa shape index (κ2) is 8.17. The van der Waals surface area contributed by atoms with E-state index in [1.165, 1.54) is 30.0 Å². The van der Waals surface area contributed by atoms with Crippen molar-refractivity contribution in [2.45, 2.75) is 29.1 Å². The van der Waals surface area contributed by atoms with Gasteiger partial charge >= 0.3 is 0 Å². The summed E-state index contributed by atoms with van der Waals surface area (Å²) in [4.78, 5) is 16.8. The molecule has 0 aliphatic carbocycles. The SMILES string of the molecule is Cc1cccc(-n2ccnc2SC(C)C(=O)Nc2cccc(S(N)(=O)=O)c2)c1. The van der Waals surface area contributed by atoms with Crippen molar-refractivity contribution in [3.63, 3.8) is 0 Å². The average Bonchev–Trinajstić information content (AvgIpc) is 3.09. The molecule has 0 aliphatic rings. The van der Waals surface area contributed by atoms with Gasteiger partial charge in [0.15, 0.2) is 5.16 Å². The number of thioether (sulfide) groups is 1. The Morgan fingerprint density at radius 3 is 2.68 bits per heavy atom. The molecule has 3 rings (SSSR count). The minimum Gasteiger partial charge on any atom is -0.325 e. The molecule has 0 aliphatic heterocycles. The summed E-state index contributed by atoms with van der Waals surface area (Å²) in [6, 6.07) is 13.8. The van der Waals surface area contributed by atoms with Crippen molar-refractivity contribution in [3.8, 4) is 5.69 Å². The molecule has 3 aromatic rings. The number of carbonyl (C=O) groups excluding carboxylic acids is 1. The Balaban J connectivity index is 1.73. The van der Waals surface area contributed by atoms with Crippen LogP contribution >= 0.6 is 11.8 Å². The number of nitrogens with one attached hydrogen (secondary N) is 1. The number of sulfonamides is 1. The van der Waals surface area contributed by atoms with Crippen LogP contribution in [0.5, 0.6) is 0 Å². The maximum absolute atomic E-state index is 12.6. The lowest BCUT2D eigenvalue weighted by molar-refractivity contribution is -0.115. The highest BCUT2D eigenvalue weighted by Crippen LogP contribution is 2.26. The number of benzene rings is 2. The molecular formula is C19H20N4O3S2. The van der Waals surface area contributed by atoms with Crippen LogP contribution in [0.4, 0.5) is 5.69 Å². The van der Waals surface area contributed by atoms with Gasteiger partial charge in [0.05, 0.1) is 10.1 Å². The molecule has 146 valence electrons. The minimum atomic E-state index is -3.83. The molecule has 7 nitrogen and oxygen atoms in total. The largest absolute Gasteiger partial charge is 0.325 e. The maximum Gasteiger partial charge on any atom is 0.238 e. The quantitative estimate of drug-likeness (QED) is 0.601. The zero-order valence-electron chi connectivity index (χ0n) is 15.4. The number of nitrogens with two attached hydrogens (primary N) is 1. The Bertz CT molecular complexity index is 1110. The number of primary sulfonamides is 1. The molecule has 1 heterocycles. The van der Waals surface area contributed by atoms with E-state index in [2.05, 4.69) is 10.3 Å². The van der Waals surface area contributed by atoms with Gasteiger partial charge in [0.2, 0.25) is 15.9 Å². The van der Waals surface area contributed by atoms with Crippen molar-refractivity contribution in [1.82, 2.24) is 9.55 Å². The zero-order valence-corrected chi connectivity index (χ0v) is 17.0. The smallest absolute Gasteiger partial charge is 0.238 e. The van der Waals surface area contributed by atoms with Crippen LogP contribution in [-0.4, -0.2) is 29.1 Å². The summed E-state index contributed by atoms with van der Waals surface area (Å²) >= 11 is 1.31. The van der Waals surface area contributed by atoms with Crippen LogP contribution in [0.25, 0.3) is 5.69 Å². The molecule has 0 fully saturated rings. The van der Waals surface area contributed by atoms with E-state index in [9.17, 15) is 13.2 Å². The molecule has 2 aromatic carbocycles. The van der Waals surface area contributed by atoms with Crippen molar-refractivity contribution >= 4 is 33.4 Å². The van der Waals surface area contributed by atoms with E-state index >= 15 is 0 Å². The third kappa shape index (κ3) is 4.80. The van der Waals surface area contributed by atoms with Crippen molar-refractivity contribution in [3.05, 3.63) is 66.5 Å². The molecule has 1 atom stereocenters. The fraction of sp³-hybridized carbons (Fsp3) is 0.158. The molecule has 0 spiro atoms. The van der Waals surface area contributed by atoms with Crippen LogP contribution in [0.15, 0.2) is 71.0 Å². The van der Waals surface area contributed by atoms with Crippen LogP contribution < -0.4 is 10.5 Å². The number of nitrogens with zero attached hydrogens (tertiary/aromatic N) is 2. The lowest BCUT2D eigenvalue weighted by atomic mass is 10.2. The van der Waals surface area contributed by atoms with E-state index in [1.54, 1.807) is 19.2 Å². The monoisotopic (exact) mass is 416 g/mol. The molecule has 0 bridgehead atoms. The number of amides is 1. The molecule has 1 amide bonds. The number of imidazole rings is 1. The van der Waals surface area contributed by atoms with Gasteiger partial charge in [-0.3, -0.25) is 9.36 Å². The van der Waals surface area contributed by atoms with E-state index in [-0.39, 0.29) is 10.8 Å². The summed E-state index contributed by atoms with van der Waals surface area (Å²) in [7, 11) is -3.83. The lowest BCUT2D eigenvalue weighted by Gasteiger charge is -2.14. The standard InChI is InChI=1S/C19H20N4O3S2/c1-13-5-3-7-16(11-13)23-10-9-21-19(23)27-14(2)18(24)22-15-6-4-8-17(12-15)28(20,25)26/h3-12,14H,1-2H3,(H,22,24)(H2,20,25,26). The van der Waals surface area contributed by atoms with E-state index in [0.29, 0.717) is 10.8 Å². The Kier molecular flexibility index (Phi) is 5.87. The van der Waals surface area contributed by atoms with Gasteiger partial charge in [0.25, 0.3) is 0 Å². The summed E-state index contributed by atoms with van der Waals surface area (Å²) in [5.74, 6) is -0.268.